The SMILES string of the molecule is CCCn1nc(C)cc1CNCC.Cl.Cl. The van der Waals surface area contributed by atoms with E-state index in [1.807, 2.05) is 6.92 Å². The molecule has 0 radical (unpaired) electrons. The van der Waals surface area contributed by atoms with Crippen molar-refractivity contribution in [1.29, 1.82) is 0 Å². The lowest BCUT2D eigenvalue weighted by molar-refractivity contribution is 0.552. The molecule has 0 atom stereocenters. The third-order valence-electron chi connectivity index (χ3n) is 1.98. The number of rotatable bonds is 5. The van der Waals surface area contributed by atoms with Crippen LogP contribution >= 0.6 is 24.8 Å². The summed E-state index contributed by atoms with van der Waals surface area (Å²) in [4.78, 5) is 0. The smallest absolute Gasteiger partial charge is 0.0597 e. The molecule has 1 N–H and O–H groups in total. The van der Waals surface area contributed by atoms with Crippen LogP contribution in [0.15, 0.2) is 6.07 Å². The minimum absolute atomic E-state index is 0. The fourth-order valence-electron chi connectivity index (χ4n) is 1.40. The first-order valence-electron chi connectivity index (χ1n) is 5.02. The van der Waals surface area contributed by atoms with E-state index >= 15 is 0 Å². The molecule has 1 aromatic heterocycles. The Hall–Kier alpha value is -0.250. The van der Waals surface area contributed by atoms with Gasteiger partial charge in [0.2, 0.25) is 0 Å². The minimum atomic E-state index is 0. The quantitative estimate of drug-likeness (QED) is 0.875. The Balaban J connectivity index is 0. The Morgan fingerprint density at radius 2 is 2.00 bits per heavy atom. The number of nitrogens with one attached hydrogen (secondary N) is 1. The molecule has 90 valence electrons. The van der Waals surface area contributed by atoms with Crippen LogP contribution < -0.4 is 5.32 Å². The molecule has 5 heteroatoms. The molecule has 0 saturated heterocycles. The summed E-state index contributed by atoms with van der Waals surface area (Å²) in [5, 5.41) is 7.75. The van der Waals surface area contributed by atoms with E-state index in [4.69, 9.17) is 0 Å². The van der Waals surface area contributed by atoms with Gasteiger partial charge in [-0.05, 0) is 26.0 Å². The Morgan fingerprint density at radius 1 is 1.33 bits per heavy atom. The normalized spacial score (nSPS) is 9.27. The largest absolute Gasteiger partial charge is 0.311 e. The average Bonchev–Trinajstić information content (AvgIpc) is 2.44. The van der Waals surface area contributed by atoms with E-state index in [1.165, 1.54) is 5.69 Å². The lowest BCUT2D eigenvalue weighted by atomic mass is 10.3. The third kappa shape index (κ3) is 5.40. The second-order valence-electron chi connectivity index (χ2n) is 3.28. The average molecular weight is 254 g/mol. The Morgan fingerprint density at radius 3 is 2.53 bits per heavy atom. The summed E-state index contributed by atoms with van der Waals surface area (Å²) < 4.78 is 2.10. The maximum Gasteiger partial charge on any atom is 0.0597 e. The monoisotopic (exact) mass is 253 g/mol. The number of nitrogens with zero attached hydrogens (tertiary/aromatic N) is 2. The van der Waals surface area contributed by atoms with Crippen LogP contribution in [-0.4, -0.2) is 16.3 Å². The molecule has 0 unspecified atom stereocenters. The summed E-state index contributed by atoms with van der Waals surface area (Å²) in [5.74, 6) is 0. The van der Waals surface area contributed by atoms with Gasteiger partial charge in [0.1, 0.15) is 0 Å². The summed E-state index contributed by atoms with van der Waals surface area (Å²) in [6.07, 6.45) is 1.14. The van der Waals surface area contributed by atoms with Crippen molar-refractivity contribution < 1.29 is 0 Å². The zero-order chi connectivity index (χ0) is 9.68. The second kappa shape index (κ2) is 9.01. The van der Waals surface area contributed by atoms with Gasteiger partial charge in [0, 0.05) is 13.1 Å². The van der Waals surface area contributed by atoms with Gasteiger partial charge in [-0.15, -0.1) is 24.8 Å². The van der Waals surface area contributed by atoms with E-state index in [2.05, 4.69) is 35.0 Å². The molecular weight excluding hydrogens is 233 g/mol. The number of aryl methyl sites for hydroxylation is 2. The number of hydrogen-bond acceptors (Lipinski definition) is 2. The standard InChI is InChI=1S/C10H19N3.2ClH/c1-4-6-13-10(8-11-5-2)7-9(3)12-13;;/h7,11H,4-6,8H2,1-3H3;2*1H. The molecule has 0 aliphatic heterocycles. The fourth-order valence-corrected chi connectivity index (χ4v) is 1.40. The van der Waals surface area contributed by atoms with Gasteiger partial charge in [-0.1, -0.05) is 13.8 Å². The number of aromatic nitrogens is 2. The van der Waals surface area contributed by atoms with Gasteiger partial charge < -0.3 is 5.32 Å². The molecule has 1 aromatic rings. The first-order chi connectivity index (χ1) is 6.27. The number of halogens is 2. The lowest BCUT2D eigenvalue weighted by Gasteiger charge is -2.05. The summed E-state index contributed by atoms with van der Waals surface area (Å²) in [6, 6.07) is 2.15. The van der Waals surface area contributed by atoms with Crippen LogP contribution in [0.4, 0.5) is 0 Å². The highest BCUT2D eigenvalue weighted by atomic mass is 35.5. The molecule has 0 aliphatic rings. The maximum atomic E-state index is 4.43. The fraction of sp³-hybridized carbons (Fsp3) is 0.700. The van der Waals surface area contributed by atoms with Crippen LogP contribution in [0.25, 0.3) is 0 Å². The van der Waals surface area contributed by atoms with Crippen LogP contribution in [0.2, 0.25) is 0 Å². The van der Waals surface area contributed by atoms with Gasteiger partial charge >= 0.3 is 0 Å². The molecular formula is C10H21Cl2N3. The Labute approximate surface area is 104 Å². The highest BCUT2D eigenvalue weighted by Gasteiger charge is 2.02. The van der Waals surface area contributed by atoms with E-state index in [9.17, 15) is 0 Å². The van der Waals surface area contributed by atoms with Crippen LogP contribution in [-0.2, 0) is 13.1 Å². The van der Waals surface area contributed by atoms with Gasteiger partial charge in [-0.3, -0.25) is 4.68 Å². The molecule has 0 bridgehead atoms. The molecule has 0 spiro atoms. The summed E-state index contributed by atoms with van der Waals surface area (Å²) in [6.45, 7) is 9.30. The molecule has 0 fully saturated rings. The second-order valence-corrected chi connectivity index (χ2v) is 3.28. The van der Waals surface area contributed by atoms with E-state index in [1.54, 1.807) is 0 Å². The molecule has 0 amide bonds. The maximum absolute atomic E-state index is 4.43. The van der Waals surface area contributed by atoms with Crippen molar-refractivity contribution in [3.63, 3.8) is 0 Å². The van der Waals surface area contributed by atoms with Gasteiger partial charge in [0.25, 0.3) is 0 Å². The summed E-state index contributed by atoms with van der Waals surface area (Å²) in [7, 11) is 0. The van der Waals surface area contributed by atoms with Crippen molar-refractivity contribution in [3.8, 4) is 0 Å². The third-order valence-corrected chi connectivity index (χ3v) is 1.98. The van der Waals surface area contributed by atoms with Crippen LogP contribution in [0.5, 0.6) is 0 Å². The van der Waals surface area contributed by atoms with E-state index in [0.29, 0.717) is 0 Å². The van der Waals surface area contributed by atoms with Crippen molar-refractivity contribution in [2.45, 2.75) is 40.3 Å². The van der Waals surface area contributed by atoms with E-state index in [-0.39, 0.29) is 24.8 Å². The molecule has 0 saturated carbocycles. The summed E-state index contributed by atoms with van der Waals surface area (Å²) in [5.41, 5.74) is 2.41. The minimum Gasteiger partial charge on any atom is -0.311 e. The predicted octanol–water partition coefficient (Wildman–Crippen LogP) is 2.55. The molecule has 0 aromatic carbocycles. The summed E-state index contributed by atoms with van der Waals surface area (Å²) >= 11 is 0. The zero-order valence-electron chi connectivity index (χ0n) is 9.62. The van der Waals surface area contributed by atoms with Gasteiger partial charge in [-0.25, -0.2) is 0 Å². The number of hydrogen-bond donors (Lipinski definition) is 1. The molecule has 15 heavy (non-hydrogen) atoms. The highest BCUT2D eigenvalue weighted by Crippen LogP contribution is 2.04. The molecule has 1 rings (SSSR count). The van der Waals surface area contributed by atoms with Crippen molar-refractivity contribution in [1.82, 2.24) is 15.1 Å². The lowest BCUT2D eigenvalue weighted by Crippen LogP contribution is -2.16. The molecule has 0 aliphatic carbocycles. The van der Waals surface area contributed by atoms with Crippen LogP contribution in [0.3, 0.4) is 0 Å². The molecule has 3 nitrogen and oxygen atoms in total. The van der Waals surface area contributed by atoms with Crippen molar-refractivity contribution in [2.24, 2.45) is 0 Å². The Kier molecular flexibility index (Phi) is 10.3. The Bertz CT molecular complexity index is 261. The predicted molar refractivity (Wildman–Crippen MR) is 69.1 cm³/mol. The molecule has 1 heterocycles. The van der Waals surface area contributed by atoms with E-state index in [0.717, 1.165) is 31.7 Å². The van der Waals surface area contributed by atoms with Crippen molar-refractivity contribution in [3.05, 3.63) is 17.5 Å². The first kappa shape index (κ1) is 17.2. The van der Waals surface area contributed by atoms with Crippen molar-refractivity contribution >= 4 is 24.8 Å². The van der Waals surface area contributed by atoms with Gasteiger partial charge in [0.15, 0.2) is 0 Å². The van der Waals surface area contributed by atoms with Gasteiger partial charge in [0.05, 0.1) is 11.4 Å². The zero-order valence-corrected chi connectivity index (χ0v) is 11.2. The first-order valence-corrected chi connectivity index (χ1v) is 5.02. The van der Waals surface area contributed by atoms with Crippen LogP contribution in [0.1, 0.15) is 31.7 Å². The topological polar surface area (TPSA) is 29.9 Å². The van der Waals surface area contributed by atoms with Crippen molar-refractivity contribution in [2.75, 3.05) is 6.54 Å². The van der Waals surface area contributed by atoms with Gasteiger partial charge in [-0.2, -0.15) is 5.10 Å². The highest BCUT2D eigenvalue weighted by molar-refractivity contribution is 5.85. The van der Waals surface area contributed by atoms with Crippen LogP contribution in [0, 0.1) is 6.92 Å². The van der Waals surface area contributed by atoms with E-state index < -0.39 is 0 Å².